The molecule has 1 amide bonds. The highest BCUT2D eigenvalue weighted by Gasteiger charge is 2.26. The molecule has 0 aliphatic carbocycles. The second kappa shape index (κ2) is 9.36. The van der Waals surface area contributed by atoms with Crippen molar-refractivity contribution in [1.29, 1.82) is 0 Å². The van der Waals surface area contributed by atoms with Crippen LogP contribution in [0.1, 0.15) is 47.3 Å². The molecule has 0 spiro atoms. The fourth-order valence-corrected chi connectivity index (χ4v) is 3.81. The maximum atomic E-state index is 11.8. The minimum atomic E-state index is -1.32. The predicted molar refractivity (Wildman–Crippen MR) is 131 cm³/mol. The number of nitrogens with zero attached hydrogens (tertiary/aromatic N) is 4. The Balaban J connectivity index is 1.50. The number of amides is 1. The van der Waals surface area contributed by atoms with Gasteiger partial charge < -0.3 is 30.6 Å². The van der Waals surface area contributed by atoms with E-state index < -0.39 is 11.6 Å². The number of aliphatic hydroxyl groups is 2. The molecule has 4 aromatic rings. The normalized spacial score (nSPS) is 13.7. The van der Waals surface area contributed by atoms with Gasteiger partial charge in [-0.05, 0) is 43.2 Å². The first-order chi connectivity index (χ1) is 17.3. The summed E-state index contributed by atoms with van der Waals surface area (Å²) < 4.78 is 5.70. The van der Waals surface area contributed by atoms with Gasteiger partial charge in [-0.2, -0.15) is 4.98 Å². The lowest BCUT2D eigenvalue weighted by Gasteiger charge is -2.19. The van der Waals surface area contributed by atoms with Crippen molar-refractivity contribution in [3.05, 3.63) is 77.3 Å². The van der Waals surface area contributed by atoms with Crippen molar-refractivity contribution in [3.63, 3.8) is 0 Å². The molecule has 0 bridgehead atoms. The van der Waals surface area contributed by atoms with Crippen LogP contribution in [-0.4, -0.2) is 42.9 Å². The molecular weight excluding hydrogens is 462 g/mol. The SMILES string of the molecule is CC(C)(O)c1nnc(-c2cnc(Nc3ccc4c(c3)CNC4=O)nc2N[C@H](CO)c2ccccc2)o1. The van der Waals surface area contributed by atoms with Crippen molar-refractivity contribution < 1.29 is 19.4 Å². The van der Waals surface area contributed by atoms with E-state index in [1.807, 2.05) is 36.4 Å². The van der Waals surface area contributed by atoms with Gasteiger partial charge in [-0.15, -0.1) is 10.2 Å². The Labute approximate surface area is 206 Å². The van der Waals surface area contributed by atoms with E-state index in [2.05, 4.69) is 36.1 Å². The molecule has 1 aliphatic rings. The second-order valence-electron chi connectivity index (χ2n) is 8.90. The molecule has 36 heavy (non-hydrogen) atoms. The van der Waals surface area contributed by atoms with Crippen LogP contribution in [0.5, 0.6) is 0 Å². The Bertz CT molecular complexity index is 1400. The topological polar surface area (TPSA) is 158 Å². The molecule has 184 valence electrons. The van der Waals surface area contributed by atoms with Crippen LogP contribution in [0.2, 0.25) is 0 Å². The van der Waals surface area contributed by atoms with Crippen molar-refractivity contribution in [3.8, 4) is 11.5 Å². The predicted octanol–water partition coefficient (Wildman–Crippen LogP) is 2.89. The fourth-order valence-electron chi connectivity index (χ4n) is 3.81. The molecule has 0 radical (unpaired) electrons. The minimum absolute atomic E-state index is 0.0497. The summed E-state index contributed by atoms with van der Waals surface area (Å²) in [5.74, 6) is 0.705. The average molecular weight is 488 g/mol. The van der Waals surface area contributed by atoms with E-state index in [1.165, 1.54) is 6.20 Å². The summed E-state index contributed by atoms with van der Waals surface area (Å²) in [6.07, 6.45) is 1.53. The summed E-state index contributed by atoms with van der Waals surface area (Å²) in [4.78, 5) is 20.9. The van der Waals surface area contributed by atoms with E-state index in [4.69, 9.17) is 4.42 Å². The molecule has 3 heterocycles. The van der Waals surface area contributed by atoms with Crippen LogP contribution < -0.4 is 16.0 Å². The lowest BCUT2D eigenvalue weighted by molar-refractivity contribution is 0.0488. The molecule has 0 saturated carbocycles. The van der Waals surface area contributed by atoms with Gasteiger partial charge in [0.25, 0.3) is 11.8 Å². The Kier molecular flexibility index (Phi) is 6.08. The van der Waals surface area contributed by atoms with Crippen LogP contribution in [0.25, 0.3) is 11.5 Å². The first-order valence-corrected chi connectivity index (χ1v) is 11.4. The van der Waals surface area contributed by atoms with Crippen LogP contribution in [-0.2, 0) is 12.1 Å². The first kappa shape index (κ1) is 23.4. The van der Waals surface area contributed by atoms with E-state index in [9.17, 15) is 15.0 Å². The highest BCUT2D eigenvalue weighted by Crippen LogP contribution is 2.31. The van der Waals surface area contributed by atoms with Crippen LogP contribution in [0.4, 0.5) is 17.5 Å². The Hall–Kier alpha value is -4.35. The standard InChI is InChI=1S/C25H25N7O4/c1-25(2,35)23-32-31-22(36-23)18-12-27-24(28-16-8-9-17-15(10-16)11-26-21(17)34)30-20(18)29-19(13-33)14-6-4-3-5-7-14/h3-10,12,19,33,35H,11,13H2,1-2H3,(H,26,34)(H2,27,28,29,30)/t19-/m1/s1. The van der Waals surface area contributed by atoms with Crippen LogP contribution in [0.3, 0.4) is 0 Å². The van der Waals surface area contributed by atoms with Crippen LogP contribution in [0, 0.1) is 0 Å². The Morgan fingerprint density at radius 3 is 2.67 bits per heavy atom. The lowest BCUT2D eigenvalue weighted by atomic mass is 10.1. The Morgan fingerprint density at radius 1 is 1.14 bits per heavy atom. The largest absolute Gasteiger partial charge is 0.417 e. The minimum Gasteiger partial charge on any atom is -0.417 e. The van der Waals surface area contributed by atoms with E-state index in [1.54, 1.807) is 26.0 Å². The lowest BCUT2D eigenvalue weighted by Crippen LogP contribution is -2.17. The molecule has 1 aliphatic heterocycles. The summed E-state index contributed by atoms with van der Waals surface area (Å²) in [6.45, 7) is 3.36. The smallest absolute Gasteiger partial charge is 0.253 e. The van der Waals surface area contributed by atoms with E-state index >= 15 is 0 Å². The number of fused-ring (bicyclic) bond motifs is 1. The van der Waals surface area contributed by atoms with Crippen molar-refractivity contribution in [2.75, 3.05) is 17.2 Å². The molecule has 11 nitrogen and oxygen atoms in total. The van der Waals surface area contributed by atoms with Gasteiger partial charge in [0.15, 0.2) is 0 Å². The van der Waals surface area contributed by atoms with E-state index in [0.29, 0.717) is 29.2 Å². The van der Waals surface area contributed by atoms with Gasteiger partial charge in [-0.3, -0.25) is 4.79 Å². The summed E-state index contributed by atoms with van der Waals surface area (Å²) in [5, 5.41) is 37.5. The number of rotatable bonds is 8. The number of carbonyl (C=O) groups is 1. The van der Waals surface area contributed by atoms with Crippen molar-refractivity contribution in [1.82, 2.24) is 25.5 Å². The first-order valence-electron chi connectivity index (χ1n) is 11.4. The number of carbonyl (C=O) groups excluding carboxylic acids is 1. The van der Waals surface area contributed by atoms with Gasteiger partial charge in [0.2, 0.25) is 11.8 Å². The molecular formula is C25H25N7O4. The zero-order chi connectivity index (χ0) is 25.3. The number of benzene rings is 2. The van der Waals surface area contributed by atoms with Gasteiger partial charge >= 0.3 is 0 Å². The third kappa shape index (κ3) is 4.74. The van der Waals surface area contributed by atoms with Crippen LogP contribution >= 0.6 is 0 Å². The maximum absolute atomic E-state index is 11.8. The molecule has 0 fully saturated rings. The summed E-state index contributed by atoms with van der Waals surface area (Å²) in [7, 11) is 0. The molecule has 0 saturated heterocycles. The summed E-state index contributed by atoms with van der Waals surface area (Å²) >= 11 is 0. The third-order valence-electron chi connectivity index (χ3n) is 5.71. The molecule has 1 atom stereocenters. The van der Waals surface area contributed by atoms with Crippen molar-refractivity contribution in [2.24, 2.45) is 0 Å². The second-order valence-corrected chi connectivity index (χ2v) is 8.90. The number of hydrogen-bond acceptors (Lipinski definition) is 10. The highest BCUT2D eigenvalue weighted by atomic mass is 16.4. The molecule has 11 heteroatoms. The molecule has 5 N–H and O–H groups in total. The quantitative estimate of drug-likeness (QED) is 0.250. The number of anilines is 3. The average Bonchev–Trinajstić information content (AvgIpc) is 3.51. The third-order valence-corrected chi connectivity index (χ3v) is 5.71. The van der Waals surface area contributed by atoms with Gasteiger partial charge in [-0.1, -0.05) is 30.3 Å². The number of aliphatic hydroxyl groups excluding tert-OH is 1. The van der Waals surface area contributed by atoms with Gasteiger partial charge in [0.05, 0.1) is 18.2 Å². The zero-order valence-electron chi connectivity index (χ0n) is 19.7. The zero-order valence-corrected chi connectivity index (χ0v) is 19.7. The number of hydrogen-bond donors (Lipinski definition) is 5. The van der Waals surface area contributed by atoms with E-state index in [-0.39, 0.29) is 30.2 Å². The van der Waals surface area contributed by atoms with E-state index in [0.717, 1.165) is 11.1 Å². The monoisotopic (exact) mass is 487 g/mol. The molecule has 0 unspecified atom stereocenters. The number of aromatic nitrogens is 4. The molecule has 2 aromatic heterocycles. The fraction of sp³-hybridized carbons (Fsp3) is 0.240. The summed E-state index contributed by atoms with van der Waals surface area (Å²) in [5.41, 5.74) is 2.19. The van der Waals surface area contributed by atoms with Crippen LogP contribution in [0.15, 0.2) is 59.1 Å². The molecule has 5 rings (SSSR count). The highest BCUT2D eigenvalue weighted by molar-refractivity contribution is 5.98. The summed E-state index contributed by atoms with van der Waals surface area (Å²) in [6, 6.07) is 14.4. The maximum Gasteiger partial charge on any atom is 0.253 e. The van der Waals surface area contributed by atoms with Gasteiger partial charge in [0.1, 0.15) is 11.4 Å². The Morgan fingerprint density at radius 2 is 1.94 bits per heavy atom. The van der Waals surface area contributed by atoms with Gasteiger partial charge in [0, 0.05) is 24.0 Å². The molecule has 2 aromatic carbocycles. The van der Waals surface area contributed by atoms with Gasteiger partial charge in [-0.25, -0.2) is 4.98 Å². The van der Waals surface area contributed by atoms with Crippen molar-refractivity contribution in [2.45, 2.75) is 32.0 Å². The van der Waals surface area contributed by atoms with Crippen molar-refractivity contribution >= 4 is 23.4 Å². The number of nitrogens with one attached hydrogen (secondary N) is 3.